The summed E-state index contributed by atoms with van der Waals surface area (Å²) in [6.07, 6.45) is -0.314. The van der Waals surface area contributed by atoms with E-state index >= 15 is 0 Å². The van der Waals surface area contributed by atoms with Gasteiger partial charge in [-0.15, -0.1) is 0 Å². The zero-order valence-electron chi connectivity index (χ0n) is 9.58. The minimum atomic E-state index is -1.35. The number of carbonyl (C=O) groups excluding carboxylic acids is 1. The second-order valence-electron chi connectivity index (χ2n) is 4.00. The number of anilines is 1. The van der Waals surface area contributed by atoms with Crippen LogP contribution in [0.25, 0.3) is 0 Å². The Labute approximate surface area is 112 Å². The third-order valence-electron chi connectivity index (χ3n) is 2.65. The molecule has 2 atom stereocenters. The number of hydrogen-bond acceptors (Lipinski definition) is 4. The standard InChI is InChI=1S/C10H10ClFN4O3/c11-7-2-13-3-8(14-7)15-9(17)6-1-5(12)4-16(6)10(18)19/h2-3,5-6H,1,4H2,(H,18,19)(H,14,15,17). The summed E-state index contributed by atoms with van der Waals surface area (Å²) in [6.45, 7) is -0.311. The Balaban J connectivity index is 2.09. The van der Waals surface area contributed by atoms with Crippen LogP contribution >= 0.6 is 11.6 Å². The van der Waals surface area contributed by atoms with Crippen LogP contribution in [-0.2, 0) is 4.79 Å². The molecule has 19 heavy (non-hydrogen) atoms. The third kappa shape index (κ3) is 3.08. The van der Waals surface area contributed by atoms with Crippen LogP contribution < -0.4 is 5.32 Å². The van der Waals surface area contributed by atoms with Crippen molar-refractivity contribution >= 4 is 29.4 Å². The monoisotopic (exact) mass is 288 g/mol. The molecule has 0 spiro atoms. The average molecular weight is 289 g/mol. The fourth-order valence-corrected chi connectivity index (χ4v) is 2.00. The lowest BCUT2D eigenvalue weighted by Crippen LogP contribution is -2.42. The highest BCUT2D eigenvalue weighted by atomic mass is 35.5. The van der Waals surface area contributed by atoms with Gasteiger partial charge in [-0.05, 0) is 0 Å². The number of hydrogen-bond donors (Lipinski definition) is 2. The number of halogens is 2. The van der Waals surface area contributed by atoms with Crippen molar-refractivity contribution in [2.45, 2.75) is 18.6 Å². The lowest BCUT2D eigenvalue weighted by Gasteiger charge is -2.19. The van der Waals surface area contributed by atoms with E-state index in [1.807, 2.05) is 0 Å². The van der Waals surface area contributed by atoms with Crippen LogP contribution in [-0.4, -0.2) is 50.7 Å². The number of likely N-dealkylation sites (tertiary alicyclic amines) is 1. The van der Waals surface area contributed by atoms with Crippen molar-refractivity contribution < 1.29 is 19.1 Å². The number of amides is 2. The number of nitrogens with zero attached hydrogens (tertiary/aromatic N) is 3. The third-order valence-corrected chi connectivity index (χ3v) is 2.84. The van der Waals surface area contributed by atoms with Crippen LogP contribution in [0.4, 0.5) is 15.0 Å². The van der Waals surface area contributed by atoms with Gasteiger partial charge in [-0.2, -0.15) is 0 Å². The summed E-state index contributed by atoms with van der Waals surface area (Å²) in [5, 5.41) is 11.3. The molecule has 7 nitrogen and oxygen atoms in total. The van der Waals surface area contributed by atoms with Crippen molar-refractivity contribution in [2.75, 3.05) is 11.9 Å². The van der Waals surface area contributed by atoms with Gasteiger partial charge in [0.15, 0.2) is 5.82 Å². The molecule has 0 aromatic carbocycles. The molecule has 1 aromatic heterocycles. The normalized spacial score (nSPS) is 22.3. The van der Waals surface area contributed by atoms with Crippen molar-refractivity contribution in [3.63, 3.8) is 0 Å². The van der Waals surface area contributed by atoms with E-state index in [1.165, 1.54) is 12.4 Å². The molecule has 0 aliphatic carbocycles. The van der Waals surface area contributed by atoms with Crippen LogP contribution in [0, 0.1) is 0 Å². The highest BCUT2D eigenvalue weighted by molar-refractivity contribution is 6.29. The van der Waals surface area contributed by atoms with Crippen LogP contribution in [0.2, 0.25) is 5.15 Å². The van der Waals surface area contributed by atoms with Crippen molar-refractivity contribution in [2.24, 2.45) is 0 Å². The van der Waals surface area contributed by atoms with Gasteiger partial charge in [0.05, 0.1) is 18.9 Å². The Morgan fingerprint density at radius 1 is 1.53 bits per heavy atom. The van der Waals surface area contributed by atoms with Gasteiger partial charge in [0.2, 0.25) is 5.91 Å². The summed E-state index contributed by atoms with van der Waals surface area (Å²) < 4.78 is 13.2. The summed E-state index contributed by atoms with van der Waals surface area (Å²) in [7, 11) is 0. The quantitative estimate of drug-likeness (QED) is 0.851. The van der Waals surface area contributed by atoms with E-state index in [1.54, 1.807) is 0 Å². The molecule has 1 saturated heterocycles. The number of nitrogens with one attached hydrogen (secondary N) is 1. The molecule has 2 unspecified atom stereocenters. The first-order chi connectivity index (χ1) is 8.97. The first-order valence-corrected chi connectivity index (χ1v) is 5.77. The molecule has 9 heteroatoms. The highest BCUT2D eigenvalue weighted by Gasteiger charge is 2.40. The van der Waals surface area contributed by atoms with Crippen LogP contribution in [0.3, 0.4) is 0 Å². The summed E-state index contributed by atoms with van der Waals surface area (Å²) in [4.78, 5) is 31.1. The van der Waals surface area contributed by atoms with Crippen LogP contribution in [0.1, 0.15) is 6.42 Å². The molecule has 1 aliphatic heterocycles. The smallest absolute Gasteiger partial charge is 0.408 e. The molecular formula is C10H10ClFN4O3. The topological polar surface area (TPSA) is 95.4 Å². The summed E-state index contributed by atoms with van der Waals surface area (Å²) in [5.41, 5.74) is 0. The number of aromatic nitrogens is 2. The second-order valence-corrected chi connectivity index (χ2v) is 4.39. The van der Waals surface area contributed by atoms with Gasteiger partial charge in [-0.3, -0.25) is 14.7 Å². The SMILES string of the molecule is O=C(Nc1cncc(Cl)n1)C1CC(F)CN1C(=O)O. The van der Waals surface area contributed by atoms with E-state index in [9.17, 15) is 14.0 Å². The Bertz CT molecular complexity index is 515. The Kier molecular flexibility index (Phi) is 3.79. The van der Waals surface area contributed by atoms with E-state index in [2.05, 4.69) is 15.3 Å². The Hall–Kier alpha value is -1.96. The largest absolute Gasteiger partial charge is 0.465 e. The summed E-state index contributed by atoms with van der Waals surface area (Å²) >= 11 is 5.60. The van der Waals surface area contributed by atoms with Crippen molar-refractivity contribution in [3.8, 4) is 0 Å². The maximum Gasteiger partial charge on any atom is 0.408 e. The minimum Gasteiger partial charge on any atom is -0.465 e. The zero-order chi connectivity index (χ0) is 14.0. The van der Waals surface area contributed by atoms with E-state index in [-0.39, 0.29) is 23.9 Å². The molecule has 2 heterocycles. The number of alkyl halides is 1. The van der Waals surface area contributed by atoms with Gasteiger partial charge in [0, 0.05) is 6.42 Å². The first kappa shape index (κ1) is 13.5. The van der Waals surface area contributed by atoms with Crippen molar-refractivity contribution in [1.29, 1.82) is 0 Å². The molecule has 1 fully saturated rings. The van der Waals surface area contributed by atoms with Gasteiger partial charge in [0.25, 0.3) is 0 Å². The van der Waals surface area contributed by atoms with Crippen LogP contribution in [0.15, 0.2) is 12.4 Å². The fourth-order valence-electron chi connectivity index (χ4n) is 1.86. The molecule has 1 aliphatic rings. The predicted octanol–water partition coefficient (Wildman–Crippen LogP) is 1.16. The van der Waals surface area contributed by atoms with Gasteiger partial charge in [0.1, 0.15) is 17.4 Å². The lowest BCUT2D eigenvalue weighted by atomic mass is 10.2. The molecule has 0 bridgehead atoms. The first-order valence-electron chi connectivity index (χ1n) is 5.39. The van der Waals surface area contributed by atoms with Crippen molar-refractivity contribution in [1.82, 2.24) is 14.9 Å². The Morgan fingerprint density at radius 2 is 2.26 bits per heavy atom. The molecule has 0 radical (unpaired) electrons. The van der Waals surface area contributed by atoms with Gasteiger partial charge in [-0.1, -0.05) is 11.6 Å². The number of carbonyl (C=O) groups is 2. The maximum atomic E-state index is 13.2. The summed E-state index contributed by atoms with van der Waals surface area (Å²) in [5.74, 6) is -0.565. The van der Waals surface area contributed by atoms with Crippen molar-refractivity contribution in [3.05, 3.63) is 17.5 Å². The van der Waals surface area contributed by atoms with Crippen LogP contribution in [0.5, 0.6) is 0 Å². The van der Waals surface area contributed by atoms with E-state index in [4.69, 9.17) is 16.7 Å². The van der Waals surface area contributed by atoms with Gasteiger partial charge in [-0.25, -0.2) is 14.2 Å². The van der Waals surface area contributed by atoms with E-state index < -0.39 is 24.2 Å². The lowest BCUT2D eigenvalue weighted by molar-refractivity contribution is -0.120. The number of carboxylic acid groups (broad SMARTS) is 1. The molecule has 1 aromatic rings. The second kappa shape index (κ2) is 5.35. The highest BCUT2D eigenvalue weighted by Crippen LogP contribution is 2.21. The molecule has 2 amide bonds. The van der Waals surface area contributed by atoms with E-state index in [0.717, 1.165) is 4.90 Å². The van der Waals surface area contributed by atoms with E-state index in [0.29, 0.717) is 0 Å². The Morgan fingerprint density at radius 3 is 2.89 bits per heavy atom. The maximum absolute atomic E-state index is 13.2. The number of rotatable bonds is 2. The van der Waals surface area contributed by atoms with Gasteiger partial charge < -0.3 is 10.4 Å². The molecule has 102 valence electrons. The molecule has 0 saturated carbocycles. The molecular weight excluding hydrogens is 279 g/mol. The van der Waals surface area contributed by atoms with Gasteiger partial charge >= 0.3 is 6.09 Å². The predicted molar refractivity (Wildman–Crippen MR) is 63.7 cm³/mol. The minimum absolute atomic E-state index is 0.0858. The summed E-state index contributed by atoms with van der Waals surface area (Å²) in [6, 6.07) is -1.08. The molecule has 2 N–H and O–H groups in total. The fraction of sp³-hybridized carbons (Fsp3) is 0.400. The average Bonchev–Trinajstić information content (AvgIpc) is 2.71. The zero-order valence-corrected chi connectivity index (χ0v) is 10.3. The molecule has 2 rings (SSSR count).